The van der Waals surface area contributed by atoms with Crippen LogP contribution in [0.25, 0.3) is 0 Å². The van der Waals surface area contributed by atoms with Crippen molar-refractivity contribution in [3.8, 4) is 5.75 Å². The van der Waals surface area contributed by atoms with Gasteiger partial charge in [0.05, 0.1) is 7.11 Å². The molecule has 0 radical (unpaired) electrons. The van der Waals surface area contributed by atoms with Gasteiger partial charge in [0.25, 0.3) is 0 Å². The van der Waals surface area contributed by atoms with Gasteiger partial charge in [-0.05, 0) is 67.9 Å². The summed E-state index contributed by atoms with van der Waals surface area (Å²) in [6.45, 7) is 4.28. The number of halogens is 1. The van der Waals surface area contributed by atoms with E-state index in [1.165, 1.54) is 12.8 Å². The fourth-order valence-electron chi connectivity index (χ4n) is 3.27. The Kier molecular flexibility index (Phi) is 7.12. The number of likely N-dealkylation sites (tertiary alicyclic amines) is 1. The zero-order chi connectivity index (χ0) is 19.1. The molecule has 6 heteroatoms. The average molecular weight is 432 g/mol. The molecule has 2 amide bonds. The molecule has 0 aromatic heterocycles. The van der Waals surface area contributed by atoms with E-state index in [2.05, 4.69) is 26.1 Å². The number of nitrogens with zero attached hydrogens (tertiary/aromatic N) is 2. The van der Waals surface area contributed by atoms with Gasteiger partial charge in [-0.25, -0.2) is 4.79 Å². The molecular formula is C21H26BrN3O2. The van der Waals surface area contributed by atoms with E-state index in [-0.39, 0.29) is 6.03 Å². The second-order valence-corrected chi connectivity index (χ2v) is 7.60. The Balaban J connectivity index is 1.66. The third-order valence-corrected chi connectivity index (χ3v) is 5.33. The Morgan fingerprint density at radius 1 is 1.19 bits per heavy atom. The van der Waals surface area contributed by atoms with Crippen LogP contribution >= 0.6 is 15.9 Å². The molecule has 1 saturated heterocycles. The second-order valence-electron chi connectivity index (χ2n) is 6.69. The number of carbonyl (C=O) groups is 1. The summed E-state index contributed by atoms with van der Waals surface area (Å²) in [7, 11) is 1.64. The van der Waals surface area contributed by atoms with Crippen molar-refractivity contribution in [2.45, 2.75) is 19.4 Å². The minimum atomic E-state index is -0.0839. The first-order valence-corrected chi connectivity index (χ1v) is 10.1. The summed E-state index contributed by atoms with van der Waals surface area (Å²) in [5.74, 6) is 0.792. The van der Waals surface area contributed by atoms with Crippen LogP contribution in [0.5, 0.6) is 5.75 Å². The van der Waals surface area contributed by atoms with Crippen molar-refractivity contribution >= 4 is 27.6 Å². The van der Waals surface area contributed by atoms with Gasteiger partial charge in [0.1, 0.15) is 5.75 Å². The highest BCUT2D eigenvalue weighted by Gasteiger charge is 2.18. The average Bonchev–Trinajstić information content (AvgIpc) is 3.21. The molecule has 0 bridgehead atoms. The molecule has 0 aliphatic carbocycles. The molecule has 0 atom stereocenters. The number of ether oxygens (including phenoxy) is 1. The Morgan fingerprint density at radius 2 is 1.93 bits per heavy atom. The van der Waals surface area contributed by atoms with Crippen LogP contribution in [0, 0.1) is 0 Å². The Labute approximate surface area is 169 Å². The zero-order valence-electron chi connectivity index (χ0n) is 15.7. The quantitative estimate of drug-likeness (QED) is 0.711. The van der Waals surface area contributed by atoms with Crippen molar-refractivity contribution in [1.82, 2.24) is 10.2 Å². The van der Waals surface area contributed by atoms with E-state index < -0.39 is 0 Å². The van der Waals surface area contributed by atoms with E-state index in [1.54, 1.807) is 7.11 Å². The van der Waals surface area contributed by atoms with Gasteiger partial charge in [0, 0.05) is 29.8 Å². The summed E-state index contributed by atoms with van der Waals surface area (Å²) in [6, 6.07) is 15.5. The van der Waals surface area contributed by atoms with Crippen LogP contribution in [0.1, 0.15) is 18.4 Å². The number of carbonyl (C=O) groups excluding carboxylic acids is 1. The monoisotopic (exact) mass is 431 g/mol. The molecule has 1 aliphatic rings. The molecule has 144 valence electrons. The van der Waals surface area contributed by atoms with Crippen LogP contribution in [0.4, 0.5) is 10.5 Å². The van der Waals surface area contributed by atoms with Crippen LogP contribution in [-0.2, 0) is 6.54 Å². The molecule has 1 heterocycles. The van der Waals surface area contributed by atoms with Crippen molar-refractivity contribution < 1.29 is 9.53 Å². The highest BCUT2D eigenvalue weighted by atomic mass is 79.9. The summed E-state index contributed by atoms with van der Waals surface area (Å²) >= 11 is 3.46. The molecule has 2 aromatic carbocycles. The molecule has 1 aliphatic heterocycles. The third-order valence-electron chi connectivity index (χ3n) is 4.80. The number of urea groups is 1. The lowest BCUT2D eigenvalue weighted by Crippen LogP contribution is -2.43. The number of methoxy groups -OCH3 is 1. The number of rotatable bonds is 7. The first-order chi connectivity index (χ1) is 13.2. The lowest BCUT2D eigenvalue weighted by Gasteiger charge is -2.26. The van der Waals surface area contributed by atoms with Crippen LogP contribution < -0.4 is 15.0 Å². The lowest BCUT2D eigenvalue weighted by molar-refractivity contribution is 0.244. The van der Waals surface area contributed by atoms with Gasteiger partial charge < -0.3 is 15.0 Å². The first kappa shape index (κ1) is 19.7. The van der Waals surface area contributed by atoms with Crippen LogP contribution in [0.2, 0.25) is 0 Å². The fourth-order valence-corrected chi connectivity index (χ4v) is 3.54. The van der Waals surface area contributed by atoms with Crippen LogP contribution in [0.15, 0.2) is 53.0 Å². The van der Waals surface area contributed by atoms with Gasteiger partial charge in [-0.15, -0.1) is 0 Å². The molecule has 5 nitrogen and oxygen atoms in total. The van der Waals surface area contributed by atoms with Gasteiger partial charge in [-0.3, -0.25) is 4.90 Å². The molecule has 1 fully saturated rings. The summed E-state index contributed by atoms with van der Waals surface area (Å²) in [6.07, 6.45) is 2.50. The van der Waals surface area contributed by atoms with E-state index in [4.69, 9.17) is 4.74 Å². The number of anilines is 1. The van der Waals surface area contributed by atoms with Crippen molar-refractivity contribution in [3.63, 3.8) is 0 Å². The highest BCUT2D eigenvalue weighted by Crippen LogP contribution is 2.19. The Bertz CT molecular complexity index is 745. The minimum absolute atomic E-state index is 0.0839. The second kappa shape index (κ2) is 9.76. The number of nitrogens with one attached hydrogen (secondary N) is 1. The number of hydrogen-bond donors (Lipinski definition) is 1. The summed E-state index contributed by atoms with van der Waals surface area (Å²) in [5.41, 5.74) is 1.92. The normalized spacial score (nSPS) is 14.1. The summed E-state index contributed by atoms with van der Waals surface area (Å²) in [4.78, 5) is 17.2. The topological polar surface area (TPSA) is 44.8 Å². The molecule has 2 aromatic rings. The van der Waals surface area contributed by atoms with Crippen LogP contribution in [0.3, 0.4) is 0 Å². The SMILES string of the molecule is COc1cccc(CNC(=O)N(CCN2CCCC2)c2ccc(Br)cc2)c1. The molecule has 1 N–H and O–H groups in total. The van der Waals surface area contributed by atoms with Gasteiger partial charge in [0.15, 0.2) is 0 Å². The molecule has 27 heavy (non-hydrogen) atoms. The molecule has 0 unspecified atom stereocenters. The Hall–Kier alpha value is -2.05. The third kappa shape index (κ3) is 5.71. The number of benzene rings is 2. The molecule has 3 rings (SSSR count). The van der Waals surface area contributed by atoms with Crippen molar-refractivity contribution in [3.05, 3.63) is 58.6 Å². The van der Waals surface area contributed by atoms with Gasteiger partial charge in [-0.2, -0.15) is 0 Å². The maximum Gasteiger partial charge on any atom is 0.322 e. The predicted octanol–water partition coefficient (Wildman–Crippen LogP) is 4.27. The van der Waals surface area contributed by atoms with Crippen molar-refractivity contribution in [1.29, 1.82) is 0 Å². The highest BCUT2D eigenvalue weighted by molar-refractivity contribution is 9.10. The fraction of sp³-hybridized carbons (Fsp3) is 0.381. The molecule has 0 saturated carbocycles. The van der Waals surface area contributed by atoms with Gasteiger partial charge >= 0.3 is 6.03 Å². The van der Waals surface area contributed by atoms with Gasteiger partial charge in [-0.1, -0.05) is 28.1 Å². The maximum atomic E-state index is 12.9. The maximum absolute atomic E-state index is 12.9. The van der Waals surface area contributed by atoms with E-state index in [9.17, 15) is 4.79 Å². The smallest absolute Gasteiger partial charge is 0.322 e. The minimum Gasteiger partial charge on any atom is -0.497 e. The predicted molar refractivity (Wildman–Crippen MR) is 112 cm³/mol. The van der Waals surface area contributed by atoms with Crippen molar-refractivity contribution in [2.24, 2.45) is 0 Å². The number of amides is 2. The van der Waals surface area contributed by atoms with E-state index >= 15 is 0 Å². The molecule has 0 spiro atoms. The van der Waals surface area contributed by atoms with Crippen LogP contribution in [-0.4, -0.2) is 44.2 Å². The van der Waals surface area contributed by atoms with Crippen molar-refractivity contribution in [2.75, 3.05) is 38.2 Å². The zero-order valence-corrected chi connectivity index (χ0v) is 17.2. The van der Waals surface area contributed by atoms with E-state index in [0.717, 1.165) is 41.1 Å². The first-order valence-electron chi connectivity index (χ1n) is 9.32. The molecular weight excluding hydrogens is 406 g/mol. The standard InChI is InChI=1S/C21H26BrN3O2/c1-27-20-6-4-5-17(15-20)16-23-21(26)25(14-13-24-11-2-3-12-24)19-9-7-18(22)8-10-19/h4-10,15H,2-3,11-14,16H2,1H3,(H,23,26). The number of hydrogen-bond acceptors (Lipinski definition) is 3. The largest absolute Gasteiger partial charge is 0.497 e. The van der Waals surface area contributed by atoms with Gasteiger partial charge in [0.2, 0.25) is 0 Å². The van der Waals surface area contributed by atoms with E-state index in [0.29, 0.717) is 13.1 Å². The summed E-state index contributed by atoms with van der Waals surface area (Å²) in [5, 5.41) is 3.04. The summed E-state index contributed by atoms with van der Waals surface area (Å²) < 4.78 is 6.25. The lowest BCUT2D eigenvalue weighted by atomic mass is 10.2. The Morgan fingerprint density at radius 3 is 2.63 bits per heavy atom. The van der Waals surface area contributed by atoms with E-state index in [1.807, 2.05) is 53.4 Å².